The van der Waals surface area contributed by atoms with Gasteiger partial charge in [0.1, 0.15) is 10.3 Å². The molecule has 0 saturated heterocycles. The van der Waals surface area contributed by atoms with Gasteiger partial charge in [-0.25, -0.2) is 13.4 Å². The number of hydrogen-bond acceptors (Lipinski definition) is 4. The van der Waals surface area contributed by atoms with Crippen LogP contribution >= 0.6 is 15.9 Å². The molecule has 2 aromatic heterocycles. The number of benzene rings is 1. The van der Waals surface area contributed by atoms with Crippen LogP contribution < -0.4 is 0 Å². The zero-order chi connectivity index (χ0) is 14.3. The van der Waals surface area contributed by atoms with Gasteiger partial charge in [-0.2, -0.15) is 0 Å². The van der Waals surface area contributed by atoms with Gasteiger partial charge in [0.05, 0.1) is 11.2 Å². The van der Waals surface area contributed by atoms with Crippen molar-refractivity contribution in [1.82, 2.24) is 4.98 Å². The molecule has 0 bridgehead atoms. The summed E-state index contributed by atoms with van der Waals surface area (Å²) in [5, 5.41) is 0.939. The summed E-state index contributed by atoms with van der Waals surface area (Å²) in [6, 6.07) is 10.3. The van der Waals surface area contributed by atoms with Gasteiger partial charge in [0, 0.05) is 17.2 Å². The Bertz CT molecular complexity index is 882. The van der Waals surface area contributed by atoms with Crippen molar-refractivity contribution in [2.75, 3.05) is 6.26 Å². The fraction of sp³-hybridized carbons (Fsp3) is 0.0714. The second-order valence-electron chi connectivity index (χ2n) is 4.43. The Morgan fingerprint density at radius 3 is 2.50 bits per heavy atom. The van der Waals surface area contributed by atoms with Crippen LogP contribution in [0.3, 0.4) is 0 Å². The third-order valence-electron chi connectivity index (χ3n) is 2.96. The molecule has 1 aromatic carbocycles. The van der Waals surface area contributed by atoms with Crippen molar-refractivity contribution in [3.8, 4) is 11.3 Å². The topological polar surface area (TPSA) is 60.2 Å². The number of pyridine rings is 1. The number of nitrogens with zero attached hydrogens (tertiary/aromatic N) is 1. The van der Waals surface area contributed by atoms with E-state index in [9.17, 15) is 8.42 Å². The summed E-state index contributed by atoms with van der Waals surface area (Å²) in [5.74, 6) is 0. The third-order valence-corrected chi connectivity index (χ3v) is 4.49. The highest BCUT2D eigenvalue weighted by Crippen LogP contribution is 2.30. The summed E-state index contributed by atoms with van der Waals surface area (Å²) in [4.78, 5) is 4.69. The Hall–Kier alpha value is -1.66. The molecule has 102 valence electrons. The van der Waals surface area contributed by atoms with E-state index in [1.54, 1.807) is 30.5 Å². The van der Waals surface area contributed by atoms with Crippen LogP contribution in [0, 0.1) is 0 Å². The van der Waals surface area contributed by atoms with E-state index < -0.39 is 9.84 Å². The summed E-state index contributed by atoms with van der Waals surface area (Å²) in [7, 11) is -3.19. The molecule has 0 unspecified atom stereocenters. The molecular weight excluding hydrogens is 342 g/mol. The molecule has 0 N–H and O–H groups in total. The molecule has 0 atom stereocenters. The minimum Gasteiger partial charge on any atom is -0.462 e. The predicted molar refractivity (Wildman–Crippen MR) is 80.3 cm³/mol. The molecule has 3 rings (SSSR count). The summed E-state index contributed by atoms with van der Waals surface area (Å²) in [6.45, 7) is 0. The first-order valence-corrected chi connectivity index (χ1v) is 8.48. The molecule has 4 nitrogen and oxygen atoms in total. The van der Waals surface area contributed by atoms with Crippen molar-refractivity contribution in [3.63, 3.8) is 0 Å². The predicted octanol–water partition coefficient (Wildman–Crippen LogP) is 3.66. The smallest absolute Gasteiger partial charge is 0.175 e. The number of halogens is 1. The summed E-state index contributed by atoms with van der Waals surface area (Å²) >= 11 is 3.36. The Kier molecular flexibility index (Phi) is 3.14. The highest BCUT2D eigenvalue weighted by Gasteiger charge is 2.12. The maximum atomic E-state index is 11.5. The van der Waals surface area contributed by atoms with Gasteiger partial charge in [-0.15, -0.1) is 0 Å². The van der Waals surface area contributed by atoms with Crippen molar-refractivity contribution in [2.24, 2.45) is 0 Å². The minimum atomic E-state index is -3.19. The Labute approximate surface area is 124 Å². The van der Waals surface area contributed by atoms with E-state index in [4.69, 9.17) is 4.42 Å². The van der Waals surface area contributed by atoms with Gasteiger partial charge in [-0.05, 0) is 40.2 Å². The van der Waals surface area contributed by atoms with E-state index in [0.717, 1.165) is 10.9 Å². The van der Waals surface area contributed by atoms with Gasteiger partial charge >= 0.3 is 0 Å². The monoisotopic (exact) mass is 351 g/mol. The number of rotatable bonds is 2. The average molecular weight is 352 g/mol. The number of hydrogen-bond donors (Lipinski definition) is 0. The zero-order valence-corrected chi connectivity index (χ0v) is 12.9. The highest BCUT2D eigenvalue weighted by atomic mass is 79.9. The second-order valence-corrected chi connectivity index (χ2v) is 7.26. The van der Waals surface area contributed by atoms with Gasteiger partial charge < -0.3 is 4.42 Å². The van der Waals surface area contributed by atoms with Crippen molar-refractivity contribution < 1.29 is 12.8 Å². The van der Waals surface area contributed by atoms with Crippen LogP contribution in [-0.4, -0.2) is 19.7 Å². The van der Waals surface area contributed by atoms with E-state index in [0.29, 0.717) is 15.9 Å². The minimum absolute atomic E-state index is 0.284. The molecule has 0 aliphatic heterocycles. The van der Waals surface area contributed by atoms with Gasteiger partial charge in [0.15, 0.2) is 15.4 Å². The Balaban J connectivity index is 2.18. The lowest BCUT2D eigenvalue weighted by atomic mass is 10.1. The molecule has 0 fully saturated rings. The summed E-state index contributed by atoms with van der Waals surface area (Å²) in [5.41, 5.74) is 2.17. The van der Waals surface area contributed by atoms with E-state index in [-0.39, 0.29) is 4.90 Å². The molecule has 0 spiro atoms. The number of aromatic nitrogens is 1. The van der Waals surface area contributed by atoms with E-state index in [2.05, 4.69) is 20.9 Å². The molecule has 0 saturated carbocycles. The van der Waals surface area contributed by atoms with Crippen LogP contribution in [0.15, 0.2) is 56.6 Å². The van der Waals surface area contributed by atoms with Gasteiger partial charge in [-0.1, -0.05) is 12.1 Å². The summed E-state index contributed by atoms with van der Waals surface area (Å²) in [6.07, 6.45) is 2.79. The molecule has 0 aliphatic carbocycles. The molecule has 6 heteroatoms. The van der Waals surface area contributed by atoms with E-state index in [1.165, 1.54) is 6.26 Å². The van der Waals surface area contributed by atoms with E-state index in [1.807, 2.05) is 12.1 Å². The maximum Gasteiger partial charge on any atom is 0.175 e. The standard InChI is InChI=1S/C14H10BrNO3S/c1-20(17,18)11-4-2-9(3-5-11)13-14-10(6-7-19-14)8-12(15)16-13/h2-8H,1H3. The Morgan fingerprint density at radius 1 is 1.15 bits per heavy atom. The van der Waals surface area contributed by atoms with Crippen LogP contribution in [0.25, 0.3) is 22.2 Å². The van der Waals surface area contributed by atoms with Crippen molar-refractivity contribution in [1.29, 1.82) is 0 Å². The summed E-state index contributed by atoms with van der Waals surface area (Å²) < 4.78 is 29.1. The quantitative estimate of drug-likeness (QED) is 0.661. The SMILES string of the molecule is CS(=O)(=O)c1ccc(-c2nc(Br)cc3ccoc23)cc1. The molecule has 2 heterocycles. The van der Waals surface area contributed by atoms with Crippen LogP contribution in [0.1, 0.15) is 0 Å². The highest BCUT2D eigenvalue weighted by molar-refractivity contribution is 9.10. The zero-order valence-electron chi connectivity index (χ0n) is 10.5. The van der Waals surface area contributed by atoms with Crippen LogP contribution in [0.5, 0.6) is 0 Å². The van der Waals surface area contributed by atoms with E-state index >= 15 is 0 Å². The lowest BCUT2D eigenvalue weighted by Crippen LogP contribution is -1.96. The molecule has 0 radical (unpaired) electrons. The molecule has 0 amide bonds. The number of fused-ring (bicyclic) bond motifs is 1. The lowest BCUT2D eigenvalue weighted by molar-refractivity contribution is 0.602. The van der Waals surface area contributed by atoms with Crippen LogP contribution in [-0.2, 0) is 9.84 Å². The van der Waals surface area contributed by atoms with Gasteiger partial charge in [0.2, 0.25) is 0 Å². The first-order chi connectivity index (χ1) is 9.45. The van der Waals surface area contributed by atoms with Gasteiger partial charge in [0.25, 0.3) is 0 Å². The van der Waals surface area contributed by atoms with Gasteiger partial charge in [-0.3, -0.25) is 0 Å². The number of furan rings is 1. The fourth-order valence-electron chi connectivity index (χ4n) is 2.00. The van der Waals surface area contributed by atoms with Crippen LogP contribution in [0.4, 0.5) is 0 Å². The second kappa shape index (κ2) is 4.71. The van der Waals surface area contributed by atoms with Crippen molar-refractivity contribution >= 4 is 36.7 Å². The van der Waals surface area contributed by atoms with Crippen molar-refractivity contribution in [3.05, 3.63) is 47.3 Å². The lowest BCUT2D eigenvalue weighted by Gasteiger charge is -2.04. The molecule has 20 heavy (non-hydrogen) atoms. The average Bonchev–Trinajstić information content (AvgIpc) is 2.85. The first kappa shape index (κ1) is 13.3. The molecular formula is C14H10BrNO3S. The third kappa shape index (κ3) is 2.36. The largest absolute Gasteiger partial charge is 0.462 e. The molecule has 0 aliphatic rings. The fourth-order valence-corrected chi connectivity index (χ4v) is 3.05. The molecule has 3 aromatic rings. The number of sulfone groups is 1. The normalized spacial score (nSPS) is 11.9. The first-order valence-electron chi connectivity index (χ1n) is 5.79. The Morgan fingerprint density at radius 2 is 1.85 bits per heavy atom. The maximum absolute atomic E-state index is 11.5. The van der Waals surface area contributed by atoms with Crippen LogP contribution in [0.2, 0.25) is 0 Å². The van der Waals surface area contributed by atoms with Crippen molar-refractivity contribution in [2.45, 2.75) is 4.90 Å².